The summed E-state index contributed by atoms with van der Waals surface area (Å²) in [6.07, 6.45) is 30.3. The average molecular weight is 521 g/mol. The lowest BCUT2D eigenvalue weighted by atomic mass is 9.79. The summed E-state index contributed by atoms with van der Waals surface area (Å²) in [4.78, 5) is 0. The Morgan fingerprint density at radius 2 is 0.703 bits per heavy atom. The number of unbranched alkanes of at least 4 members (excludes halogenated alkanes) is 9. The summed E-state index contributed by atoms with van der Waals surface area (Å²) in [6, 6.07) is 0. The van der Waals surface area contributed by atoms with Gasteiger partial charge in [0.1, 0.15) is 0 Å². The average Bonchev–Trinajstić information content (AvgIpc) is 2.88. The molecule has 0 radical (unpaired) electrons. The Morgan fingerprint density at radius 3 is 1.30 bits per heavy atom. The predicted octanol–water partition coefficient (Wildman–Crippen LogP) is 13.7. The van der Waals surface area contributed by atoms with Gasteiger partial charge in [-0.15, -0.1) is 0 Å². The number of rotatable bonds is 27. The lowest BCUT2D eigenvalue weighted by Crippen LogP contribution is -2.17. The van der Waals surface area contributed by atoms with Crippen LogP contribution in [-0.2, 0) is 0 Å². The van der Waals surface area contributed by atoms with Crippen molar-refractivity contribution in [2.24, 2.45) is 41.4 Å². The summed E-state index contributed by atoms with van der Waals surface area (Å²) >= 11 is 0. The van der Waals surface area contributed by atoms with Gasteiger partial charge < -0.3 is 0 Å². The molecule has 0 bridgehead atoms. The fourth-order valence-corrected chi connectivity index (χ4v) is 6.50. The summed E-state index contributed by atoms with van der Waals surface area (Å²) in [6.45, 7) is 22.2. The summed E-state index contributed by atoms with van der Waals surface area (Å²) in [7, 11) is 0. The van der Waals surface area contributed by atoms with Gasteiger partial charge in [0.05, 0.1) is 0 Å². The molecule has 0 aromatic carbocycles. The first-order chi connectivity index (χ1) is 17.7. The van der Waals surface area contributed by atoms with E-state index in [0.29, 0.717) is 0 Å². The van der Waals surface area contributed by atoms with Crippen LogP contribution < -0.4 is 0 Å². The van der Waals surface area contributed by atoms with E-state index < -0.39 is 0 Å². The summed E-state index contributed by atoms with van der Waals surface area (Å²) in [5.74, 6) is 6.32. The van der Waals surface area contributed by atoms with E-state index >= 15 is 0 Å². The Labute approximate surface area is 238 Å². The minimum Gasteiger partial charge on any atom is -0.0654 e. The molecule has 0 fully saturated rings. The van der Waals surface area contributed by atoms with Crippen LogP contribution in [0.5, 0.6) is 0 Å². The molecule has 0 amide bonds. The van der Waals surface area contributed by atoms with Gasteiger partial charge in [-0.2, -0.15) is 0 Å². The van der Waals surface area contributed by atoms with Crippen molar-refractivity contribution in [3.8, 4) is 0 Å². The highest BCUT2D eigenvalue weighted by Gasteiger charge is 2.19. The summed E-state index contributed by atoms with van der Waals surface area (Å²) < 4.78 is 0. The van der Waals surface area contributed by atoms with Gasteiger partial charge in [-0.25, -0.2) is 0 Å². The maximum Gasteiger partial charge on any atom is -0.0391 e. The zero-order valence-electron chi connectivity index (χ0n) is 27.9. The van der Waals surface area contributed by atoms with E-state index in [0.717, 1.165) is 41.4 Å². The summed E-state index contributed by atoms with van der Waals surface area (Å²) in [5.41, 5.74) is 0. The van der Waals surface area contributed by atoms with E-state index in [4.69, 9.17) is 0 Å². The molecule has 7 atom stereocenters. The maximum absolute atomic E-state index is 2.53. The third-order valence-corrected chi connectivity index (χ3v) is 10.4. The van der Waals surface area contributed by atoms with E-state index in [1.54, 1.807) is 0 Å². The largest absolute Gasteiger partial charge is 0.0654 e. The molecule has 0 aliphatic heterocycles. The van der Waals surface area contributed by atoms with Crippen LogP contribution in [0.15, 0.2) is 0 Å². The zero-order chi connectivity index (χ0) is 27.9. The van der Waals surface area contributed by atoms with Crippen molar-refractivity contribution in [2.75, 3.05) is 0 Å². The first-order valence-corrected chi connectivity index (χ1v) is 17.7. The van der Waals surface area contributed by atoms with Gasteiger partial charge in [0.15, 0.2) is 0 Å². The highest BCUT2D eigenvalue weighted by atomic mass is 14.2. The monoisotopic (exact) mass is 521 g/mol. The molecule has 7 unspecified atom stereocenters. The van der Waals surface area contributed by atoms with E-state index in [1.807, 2.05) is 0 Å². The normalized spacial score (nSPS) is 17.8. The fraction of sp³-hybridized carbons (Fsp3) is 1.00. The predicted molar refractivity (Wildman–Crippen MR) is 172 cm³/mol. The molecule has 0 saturated carbocycles. The highest BCUT2D eigenvalue weighted by molar-refractivity contribution is 4.70. The van der Waals surface area contributed by atoms with Gasteiger partial charge in [-0.05, 0) is 41.4 Å². The van der Waals surface area contributed by atoms with Crippen LogP contribution in [0.3, 0.4) is 0 Å². The molecule has 0 saturated heterocycles. The second-order valence-corrected chi connectivity index (χ2v) is 14.2. The van der Waals surface area contributed by atoms with Crippen molar-refractivity contribution in [1.82, 2.24) is 0 Å². The van der Waals surface area contributed by atoms with Gasteiger partial charge in [-0.3, -0.25) is 0 Å². The van der Waals surface area contributed by atoms with Crippen molar-refractivity contribution in [3.63, 3.8) is 0 Å². The van der Waals surface area contributed by atoms with Crippen molar-refractivity contribution in [2.45, 2.75) is 197 Å². The molecule has 37 heavy (non-hydrogen) atoms. The Bertz CT molecular complexity index is 453. The molecule has 0 nitrogen and oxygen atoms in total. The quantitative estimate of drug-likeness (QED) is 0.0944. The van der Waals surface area contributed by atoms with E-state index in [-0.39, 0.29) is 0 Å². The lowest BCUT2D eigenvalue weighted by molar-refractivity contribution is 0.242. The molecular formula is C37H76. The minimum atomic E-state index is 0.883. The maximum atomic E-state index is 2.53. The second kappa shape index (κ2) is 25.0. The van der Waals surface area contributed by atoms with Gasteiger partial charge in [0, 0.05) is 0 Å². The Kier molecular flexibility index (Phi) is 25.0. The molecule has 0 rings (SSSR count). The first kappa shape index (κ1) is 37.0. The first-order valence-electron chi connectivity index (χ1n) is 17.7. The van der Waals surface area contributed by atoms with Gasteiger partial charge >= 0.3 is 0 Å². The Morgan fingerprint density at radius 1 is 0.297 bits per heavy atom. The summed E-state index contributed by atoms with van der Waals surface area (Å²) in [5, 5.41) is 0. The molecule has 0 spiro atoms. The molecule has 0 heteroatoms. The number of hydrogen-bond donors (Lipinski definition) is 0. The fourth-order valence-electron chi connectivity index (χ4n) is 6.50. The Balaban J connectivity index is 3.74. The molecule has 0 aliphatic rings. The molecule has 0 aromatic heterocycles. The lowest BCUT2D eigenvalue weighted by Gasteiger charge is -2.26. The van der Waals surface area contributed by atoms with Crippen LogP contribution in [0, 0.1) is 41.4 Å². The molecule has 224 valence electrons. The molecule has 0 aliphatic carbocycles. The topological polar surface area (TPSA) is 0 Å². The third kappa shape index (κ3) is 21.5. The molecule has 0 heterocycles. The highest BCUT2D eigenvalue weighted by Crippen LogP contribution is 2.30. The van der Waals surface area contributed by atoms with Gasteiger partial charge in [-0.1, -0.05) is 197 Å². The van der Waals surface area contributed by atoms with Gasteiger partial charge in [0.25, 0.3) is 0 Å². The van der Waals surface area contributed by atoms with E-state index in [2.05, 4.69) is 62.3 Å². The smallest absolute Gasteiger partial charge is 0.0391 e. The van der Waals surface area contributed by atoms with Crippen LogP contribution in [0.2, 0.25) is 0 Å². The minimum absolute atomic E-state index is 0.883. The zero-order valence-corrected chi connectivity index (χ0v) is 27.9. The van der Waals surface area contributed by atoms with Crippen LogP contribution >= 0.6 is 0 Å². The van der Waals surface area contributed by atoms with E-state index in [1.165, 1.54) is 135 Å². The standard InChI is InChI=1S/C37H76/c1-10-12-13-14-15-16-17-18-19-24-31(3)25-20-21-27-33(5)34(6)30-29-32(4)26-22-28-36(8)37(9)35(7)23-11-2/h31-37H,10-30H2,1-9H3. The number of hydrogen-bond acceptors (Lipinski definition) is 0. The molecule has 0 aromatic rings. The third-order valence-electron chi connectivity index (χ3n) is 10.4. The van der Waals surface area contributed by atoms with Crippen LogP contribution in [0.4, 0.5) is 0 Å². The van der Waals surface area contributed by atoms with Gasteiger partial charge in [0.2, 0.25) is 0 Å². The van der Waals surface area contributed by atoms with Crippen LogP contribution in [0.1, 0.15) is 197 Å². The van der Waals surface area contributed by atoms with Crippen molar-refractivity contribution in [1.29, 1.82) is 0 Å². The molecular weight excluding hydrogens is 444 g/mol. The van der Waals surface area contributed by atoms with Crippen molar-refractivity contribution >= 4 is 0 Å². The van der Waals surface area contributed by atoms with Crippen molar-refractivity contribution in [3.05, 3.63) is 0 Å². The SMILES string of the molecule is CCCCCCCCCCCC(C)CCCCC(C)C(C)CCC(C)CCCC(C)C(C)C(C)CCC. The molecule has 0 N–H and O–H groups in total. The second-order valence-electron chi connectivity index (χ2n) is 14.2. The van der Waals surface area contributed by atoms with Crippen molar-refractivity contribution < 1.29 is 0 Å². The van der Waals surface area contributed by atoms with E-state index in [9.17, 15) is 0 Å². The van der Waals surface area contributed by atoms with Crippen LogP contribution in [0.25, 0.3) is 0 Å². The van der Waals surface area contributed by atoms with Crippen LogP contribution in [-0.4, -0.2) is 0 Å². The Hall–Kier alpha value is 0.